The summed E-state index contributed by atoms with van der Waals surface area (Å²) >= 11 is 0. The topological polar surface area (TPSA) is 63.5 Å². The number of aryl methyl sites for hydroxylation is 1. The van der Waals surface area contributed by atoms with Gasteiger partial charge < -0.3 is 4.74 Å². The number of carbonyl (C=O) groups is 1. The Balaban J connectivity index is 2.05. The van der Waals surface area contributed by atoms with E-state index in [1.165, 1.54) is 12.1 Å². The molecule has 0 bridgehead atoms. The molecule has 3 atom stereocenters. The van der Waals surface area contributed by atoms with Crippen LogP contribution in [0.3, 0.4) is 0 Å². The van der Waals surface area contributed by atoms with Crippen LogP contribution in [0.5, 0.6) is 0 Å². The van der Waals surface area contributed by atoms with Gasteiger partial charge in [0, 0.05) is 0 Å². The Labute approximate surface area is 146 Å². The number of hydrogen-bond acceptors (Lipinski definition) is 4. The van der Waals surface area contributed by atoms with E-state index in [1.54, 1.807) is 49.4 Å². The highest BCUT2D eigenvalue weighted by Gasteiger charge is 2.77. The zero-order chi connectivity index (χ0) is 18.2. The minimum absolute atomic E-state index is 0.0373. The van der Waals surface area contributed by atoms with Crippen molar-refractivity contribution in [3.05, 3.63) is 65.7 Å². The monoisotopic (exact) mass is 363 g/mol. The van der Waals surface area contributed by atoms with Crippen LogP contribution in [-0.2, 0) is 19.6 Å². The lowest BCUT2D eigenvalue weighted by molar-refractivity contribution is -0.152. The number of benzene rings is 2. The third-order valence-electron chi connectivity index (χ3n) is 4.10. The van der Waals surface area contributed by atoms with Gasteiger partial charge in [-0.05, 0) is 31.5 Å². The molecular weight excluding hydrogens is 345 g/mol. The van der Waals surface area contributed by atoms with Gasteiger partial charge in [0.25, 0.3) is 5.79 Å². The molecule has 7 heteroatoms. The molecule has 1 aliphatic rings. The van der Waals surface area contributed by atoms with Crippen LogP contribution >= 0.6 is 0 Å². The molecule has 0 spiro atoms. The van der Waals surface area contributed by atoms with E-state index >= 15 is 4.39 Å². The second kappa shape index (κ2) is 6.24. The number of alkyl halides is 1. The van der Waals surface area contributed by atoms with Gasteiger partial charge in [0.15, 0.2) is 0 Å². The van der Waals surface area contributed by atoms with E-state index in [0.29, 0.717) is 9.87 Å². The van der Waals surface area contributed by atoms with Gasteiger partial charge in [0.2, 0.25) is 10.0 Å². The lowest BCUT2D eigenvalue weighted by atomic mass is 10.1. The van der Waals surface area contributed by atoms with Gasteiger partial charge in [-0.25, -0.2) is 17.6 Å². The normalized spacial score (nSPS) is 25.4. The summed E-state index contributed by atoms with van der Waals surface area (Å²) < 4.78 is 46.6. The van der Waals surface area contributed by atoms with Crippen molar-refractivity contribution < 1.29 is 22.3 Å². The van der Waals surface area contributed by atoms with Crippen molar-refractivity contribution in [2.75, 3.05) is 6.61 Å². The van der Waals surface area contributed by atoms with Gasteiger partial charge in [0.1, 0.15) is 6.04 Å². The minimum Gasteiger partial charge on any atom is -0.463 e. The zero-order valence-electron chi connectivity index (χ0n) is 13.8. The Morgan fingerprint density at radius 1 is 1.16 bits per heavy atom. The maximum absolute atomic E-state index is 15.4. The van der Waals surface area contributed by atoms with Crippen LogP contribution in [0.25, 0.3) is 0 Å². The van der Waals surface area contributed by atoms with Crippen LogP contribution in [0, 0.1) is 6.92 Å². The highest BCUT2D eigenvalue weighted by molar-refractivity contribution is 7.89. The molecule has 2 aromatic rings. The Hall–Kier alpha value is -2.25. The number of carbonyl (C=O) groups excluding carboxylic acids is 1. The highest BCUT2D eigenvalue weighted by atomic mass is 32.2. The fourth-order valence-electron chi connectivity index (χ4n) is 2.81. The second-order valence-electron chi connectivity index (χ2n) is 5.82. The summed E-state index contributed by atoms with van der Waals surface area (Å²) in [5.74, 6) is -3.93. The third kappa shape index (κ3) is 2.83. The van der Waals surface area contributed by atoms with E-state index in [-0.39, 0.29) is 11.5 Å². The first-order chi connectivity index (χ1) is 11.8. The number of sulfonamides is 1. The molecule has 1 fully saturated rings. The van der Waals surface area contributed by atoms with E-state index in [2.05, 4.69) is 0 Å². The molecule has 0 radical (unpaired) electrons. The molecule has 1 unspecified atom stereocenters. The molecule has 2 aromatic carbocycles. The molecule has 0 aliphatic carbocycles. The molecule has 3 rings (SSSR count). The van der Waals surface area contributed by atoms with E-state index in [1.807, 2.05) is 6.92 Å². The lowest BCUT2D eigenvalue weighted by Gasteiger charge is -2.09. The van der Waals surface area contributed by atoms with Crippen molar-refractivity contribution in [1.82, 2.24) is 4.31 Å². The predicted molar refractivity (Wildman–Crippen MR) is 89.9 cm³/mol. The molecule has 132 valence electrons. The van der Waals surface area contributed by atoms with E-state index in [0.717, 1.165) is 5.56 Å². The van der Waals surface area contributed by atoms with Crippen LogP contribution in [0.4, 0.5) is 4.39 Å². The van der Waals surface area contributed by atoms with Crippen LogP contribution in [0.15, 0.2) is 59.5 Å². The summed E-state index contributed by atoms with van der Waals surface area (Å²) in [5.41, 5.74) is 1.27. The van der Waals surface area contributed by atoms with Crippen LogP contribution < -0.4 is 0 Å². The first-order valence-corrected chi connectivity index (χ1v) is 9.29. The minimum atomic E-state index is -4.19. The maximum atomic E-state index is 15.4. The molecule has 5 nitrogen and oxygen atoms in total. The predicted octanol–water partition coefficient (Wildman–Crippen LogP) is 2.97. The molecule has 0 saturated carbocycles. The Bertz CT molecular complexity index is 883. The third-order valence-corrected chi connectivity index (χ3v) is 5.97. The second-order valence-corrected chi connectivity index (χ2v) is 7.64. The van der Waals surface area contributed by atoms with Crippen LogP contribution in [0.1, 0.15) is 24.1 Å². The average molecular weight is 363 g/mol. The molecular formula is C18H18FNO4S. The fraction of sp³-hybridized carbons (Fsp3) is 0.278. The first kappa shape index (κ1) is 17.6. The number of rotatable bonds is 5. The highest BCUT2D eigenvalue weighted by Crippen LogP contribution is 2.58. The van der Waals surface area contributed by atoms with Crippen molar-refractivity contribution in [3.8, 4) is 0 Å². The molecule has 25 heavy (non-hydrogen) atoms. The summed E-state index contributed by atoms with van der Waals surface area (Å²) in [6.45, 7) is 3.32. The molecule has 1 heterocycles. The summed E-state index contributed by atoms with van der Waals surface area (Å²) in [4.78, 5) is 12.1. The van der Waals surface area contributed by atoms with Crippen molar-refractivity contribution in [2.45, 2.75) is 30.6 Å². The summed E-state index contributed by atoms with van der Waals surface area (Å²) in [7, 11) is -4.19. The van der Waals surface area contributed by atoms with Gasteiger partial charge in [-0.1, -0.05) is 48.0 Å². The maximum Gasteiger partial charge on any atom is 0.362 e. The van der Waals surface area contributed by atoms with E-state index in [4.69, 9.17) is 4.74 Å². The molecule has 1 aliphatic heterocycles. The Kier molecular flexibility index (Phi) is 4.38. The summed E-state index contributed by atoms with van der Waals surface area (Å²) in [6, 6.07) is 13.0. The SMILES string of the molecule is CCOC(=O)[C@]1(F)[C@H](c2ccccc2)N1S(=O)(=O)c1ccc(C)cc1. The van der Waals surface area contributed by atoms with Crippen molar-refractivity contribution >= 4 is 16.0 Å². The van der Waals surface area contributed by atoms with Crippen molar-refractivity contribution in [3.63, 3.8) is 0 Å². The largest absolute Gasteiger partial charge is 0.463 e. The first-order valence-electron chi connectivity index (χ1n) is 7.85. The molecule has 0 amide bonds. The van der Waals surface area contributed by atoms with Gasteiger partial charge >= 0.3 is 5.97 Å². The Morgan fingerprint density at radius 3 is 2.32 bits per heavy atom. The summed E-state index contributed by atoms with van der Waals surface area (Å²) in [5, 5.41) is 0. The fourth-order valence-corrected chi connectivity index (χ4v) is 4.53. The number of halogens is 1. The van der Waals surface area contributed by atoms with Gasteiger partial charge in [0.05, 0.1) is 11.5 Å². The van der Waals surface area contributed by atoms with Crippen LogP contribution in [-0.4, -0.2) is 31.1 Å². The quantitative estimate of drug-likeness (QED) is 0.465. The number of hydrogen-bond donors (Lipinski definition) is 0. The van der Waals surface area contributed by atoms with Crippen molar-refractivity contribution in [1.29, 1.82) is 0 Å². The number of esters is 1. The van der Waals surface area contributed by atoms with Gasteiger partial charge in [-0.15, -0.1) is 4.31 Å². The van der Waals surface area contributed by atoms with Crippen LogP contribution in [0.2, 0.25) is 0 Å². The van der Waals surface area contributed by atoms with E-state index < -0.39 is 27.8 Å². The average Bonchev–Trinajstić information content (AvgIpc) is 3.25. The summed E-state index contributed by atoms with van der Waals surface area (Å²) in [6.07, 6.45) is 0. The zero-order valence-corrected chi connectivity index (χ0v) is 14.7. The molecule has 0 N–H and O–H groups in total. The van der Waals surface area contributed by atoms with E-state index in [9.17, 15) is 13.2 Å². The smallest absolute Gasteiger partial charge is 0.362 e. The van der Waals surface area contributed by atoms with Gasteiger partial charge in [-0.2, -0.15) is 0 Å². The molecule has 0 aromatic heterocycles. The standard InChI is InChI=1S/C18H18FNO4S/c1-3-24-17(21)18(19)16(14-7-5-4-6-8-14)20(18)25(22,23)15-11-9-13(2)10-12-15/h4-12,16H,3H2,1-2H3/t16-,18-,20?/m0/s1. The Morgan fingerprint density at radius 2 is 1.76 bits per heavy atom. The van der Waals surface area contributed by atoms with Gasteiger partial charge in [-0.3, -0.25) is 0 Å². The van der Waals surface area contributed by atoms with Crippen molar-refractivity contribution in [2.24, 2.45) is 0 Å². The molecule has 1 saturated heterocycles. The number of ether oxygens (including phenoxy) is 1. The number of nitrogens with zero attached hydrogens (tertiary/aromatic N) is 1. The lowest BCUT2D eigenvalue weighted by Crippen LogP contribution is -2.30.